The molecule has 1 aromatic carbocycles. The van der Waals surface area contributed by atoms with Crippen molar-refractivity contribution in [2.24, 2.45) is 0 Å². The van der Waals surface area contributed by atoms with Gasteiger partial charge < -0.3 is 9.84 Å². The summed E-state index contributed by atoms with van der Waals surface area (Å²) in [4.78, 5) is 4.16. The van der Waals surface area contributed by atoms with Gasteiger partial charge in [0, 0.05) is 12.4 Å². The first kappa shape index (κ1) is 11.5. The van der Waals surface area contributed by atoms with Gasteiger partial charge in [-0.25, -0.2) is 4.68 Å². The summed E-state index contributed by atoms with van der Waals surface area (Å²) in [5.41, 5.74) is 1.94. The Morgan fingerprint density at radius 3 is 2.89 bits per heavy atom. The molecule has 0 atom stereocenters. The topological polar surface area (TPSA) is 68.8 Å². The average Bonchev–Trinajstić information content (AvgIpc) is 3.08. The minimum Gasteiger partial charge on any atom is -0.374 e. The summed E-state index contributed by atoms with van der Waals surface area (Å²) in [5.74, 6) is 1.20. The summed E-state index contributed by atoms with van der Waals surface area (Å²) in [7, 11) is 0. The van der Waals surface area contributed by atoms with Crippen LogP contribution in [0, 0.1) is 6.92 Å². The molecule has 0 aliphatic rings. The van der Waals surface area contributed by atoms with Gasteiger partial charge in [-0.05, 0) is 25.1 Å². The van der Waals surface area contributed by atoms with Crippen LogP contribution in [-0.2, 0) is 6.54 Å². The van der Waals surface area contributed by atoms with Crippen LogP contribution in [0.2, 0.25) is 0 Å². The summed E-state index contributed by atoms with van der Waals surface area (Å²) in [6.45, 7) is 2.28. The minimum absolute atomic E-state index is 0.485. The second-order valence-electron chi connectivity index (χ2n) is 4.06. The van der Waals surface area contributed by atoms with Crippen LogP contribution in [0.5, 0.6) is 0 Å². The highest BCUT2D eigenvalue weighted by atomic mass is 16.5. The van der Waals surface area contributed by atoms with E-state index in [0.717, 1.165) is 11.4 Å². The standard InChI is InChI=1S/C13H13N5O/c1-10-16-13(19-17-10)9-14-11-5-2-3-6-12(11)18-8-4-7-15-18/h2-8,14H,9H2,1H3. The van der Waals surface area contributed by atoms with Crippen molar-refractivity contribution >= 4 is 5.69 Å². The highest BCUT2D eigenvalue weighted by molar-refractivity contribution is 5.60. The van der Waals surface area contributed by atoms with Crippen LogP contribution >= 0.6 is 0 Å². The lowest BCUT2D eigenvalue weighted by atomic mass is 10.2. The van der Waals surface area contributed by atoms with Crippen LogP contribution in [0.25, 0.3) is 5.69 Å². The SMILES string of the molecule is Cc1noc(CNc2ccccc2-n2cccn2)n1. The van der Waals surface area contributed by atoms with Crippen molar-refractivity contribution in [1.82, 2.24) is 19.9 Å². The Bertz CT molecular complexity index is 659. The van der Waals surface area contributed by atoms with E-state index in [1.54, 1.807) is 17.8 Å². The van der Waals surface area contributed by atoms with Crippen molar-refractivity contribution in [2.75, 3.05) is 5.32 Å². The Hall–Kier alpha value is -2.63. The lowest BCUT2D eigenvalue weighted by Gasteiger charge is -2.10. The molecule has 0 saturated carbocycles. The lowest BCUT2D eigenvalue weighted by molar-refractivity contribution is 0.379. The predicted octanol–water partition coefficient (Wildman–Crippen LogP) is 2.18. The van der Waals surface area contributed by atoms with E-state index in [0.29, 0.717) is 18.3 Å². The van der Waals surface area contributed by atoms with E-state index in [9.17, 15) is 0 Å². The fraction of sp³-hybridized carbons (Fsp3) is 0.154. The number of aryl methyl sites for hydroxylation is 1. The summed E-state index contributed by atoms with van der Waals surface area (Å²) in [6.07, 6.45) is 3.65. The summed E-state index contributed by atoms with van der Waals surface area (Å²) in [5, 5.41) is 11.3. The van der Waals surface area contributed by atoms with Gasteiger partial charge in [0.15, 0.2) is 5.82 Å². The number of nitrogens with zero attached hydrogens (tertiary/aromatic N) is 4. The zero-order valence-corrected chi connectivity index (χ0v) is 10.4. The Labute approximate surface area is 110 Å². The van der Waals surface area contributed by atoms with Crippen molar-refractivity contribution in [3.63, 3.8) is 0 Å². The number of rotatable bonds is 4. The molecule has 0 radical (unpaired) electrons. The monoisotopic (exact) mass is 255 g/mol. The van der Waals surface area contributed by atoms with Gasteiger partial charge in [-0.1, -0.05) is 17.3 Å². The molecule has 0 unspecified atom stereocenters. The molecule has 0 aliphatic carbocycles. The summed E-state index contributed by atoms with van der Waals surface area (Å²) >= 11 is 0. The van der Waals surface area contributed by atoms with E-state index in [1.807, 2.05) is 36.5 Å². The molecule has 2 heterocycles. The maximum Gasteiger partial charge on any atom is 0.245 e. The third-order valence-corrected chi connectivity index (χ3v) is 2.65. The van der Waals surface area contributed by atoms with Crippen LogP contribution < -0.4 is 5.32 Å². The third-order valence-electron chi connectivity index (χ3n) is 2.65. The van der Waals surface area contributed by atoms with Crippen molar-refractivity contribution in [1.29, 1.82) is 0 Å². The molecule has 6 heteroatoms. The molecule has 0 amide bonds. The van der Waals surface area contributed by atoms with Crippen LogP contribution in [0.15, 0.2) is 47.2 Å². The normalized spacial score (nSPS) is 10.6. The van der Waals surface area contributed by atoms with Crippen molar-refractivity contribution in [3.05, 3.63) is 54.4 Å². The molecule has 1 N–H and O–H groups in total. The van der Waals surface area contributed by atoms with Gasteiger partial charge in [0.2, 0.25) is 5.89 Å². The number of aromatic nitrogens is 4. The Kier molecular flexibility index (Phi) is 2.97. The molecule has 2 aromatic heterocycles. The van der Waals surface area contributed by atoms with Gasteiger partial charge >= 0.3 is 0 Å². The number of hydrogen-bond donors (Lipinski definition) is 1. The molecule has 0 aliphatic heterocycles. The molecule has 6 nitrogen and oxygen atoms in total. The van der Waals surface area contributed by atoms with E-state index in [1.165, 1.54) is 0 Å². The first-order chi connectivity index (χ1) is 9.33. The highest BCUT2D eigenvalue weighted by Crippen LogP contribution is 2.19. The van der Waals surface area contributed by atoms with Crippen LogP contribution in [0.3, 0.4) is 0 Å². The zero-order chi connectivity index (χ0) is 13.1. The first-order valence-electron chi connectivity index (χ1n) is 5.95. The average molecular weight is 255 g/mol. The molecule has 0 saturated heterocycles. The second kappa shape index (κ2) is 4.93. The van der Waals surface area contributed by atoms with Crippen LogP contribution in [0.1, 0.15) is 11.7 Å². The lowest BCUT2D eigenvalue weighted by Crippen LogP contribution is -2.05. The van der Waals surface area contributed by atoms with Crippen molar-refractivity contribution in [3.8, 4) is 5.69 Å². The van der Waals surface area contributed by atoms with E-state index in [4.69, 9.17) is 4.52 Å². The zero-order valence-electron chi connectivity index (χ0n) is 10.4. The van der Waals surface area contributed by atoms with E-state index >= 15 is 0 Å². The fourth-order valence-electron chi connectivity index (χ4n) is 1.82. The molecular weight excluding hydrogens is 242 g/mol. The summed E-state index contributed by atoms with van der Waals surface area (Å²) < 4.78 is 6.88. The number of hydrogen-bond acceptors (Lipinski definition) is 5. The first-order valence-corrected chi connectivity index (χ1v) is 5.95. The quantitative estimate of drug-likeness (QED) is 0.773. The van der Waals surface area contributed by atoms with E-state index in [-0.39, 0.29) is 0 Å². The summed E-state index contributed by atoms with van der Waals surface area (Å²) in [6, 6.07) is 9.81. The minimum atomic E-state index is 0.485. The molecule has 0 spiro atoms. The third kappa shape index (κ3) is 2.47. The number of benzene rings is 1. The van der Waals surface area contributed by atoms with Gasteiger partial charge in [0.25, 0.3) is 0 Å². The van der Waals surface area contributed by atoms with Gasteiger partial charge in [0.05, 0.1) is 17.9 Å². The molecule has 3 aromatic rings. The van der Waals surface area contributed by atoms with Crippen LogP contribution in [-0.4, -0.2) is 19.9 Å². The van der Waals surface area contributed by atoms with Crippen molar-refractivity contribution < 1.29 is 4.52 Å². The second-order valence-corrected chi connectivity index (χ2v) is 4.06. The predicted molar refractivity (Wildman–Crippen MR) is 69.9 cm³/mol. The molecule has 0 bridgehead atoms. The van der Waals surface area contributed by atoms with Crippen molar-refractivity contribution in [2.45, 2.75) is 13.5 Å². The van der Waals surface area contributed by atoms with Gasteiger partial charge in [-0.2, -0.15) is 10.1 Å². The Morgan fingerprint density at radius 2 is 2.16 bits per heavy atom. The largest absolute Gasteiger partial charge is 0.374 e. The number of anilines is 1. The van der Waals surface area contributed by atoms with E-state index in [2.05, 4.69) is 20.6 Å². The van der Waals surface area contributed by atoms with E-state index < -0.39 is 0 Å². The van der Waals surface area contributed by atoms with Gasteiger partial charge in [-0.3, -0.25) is 0 Å². The highest BCUT2D eigenvalue weighted by Gasteiger charge is 2.06. The van der Waals surface area contributed by atoms with Crippen LogP contribution in [0.4, 0.5) is 5.69 Å². The molecule has 96 valence electrons. The van der Waals surface area contributed by atoms with Gasteiger partial charge in [-0.15, -0.1) is 0 Å². The van der Waals surface area contributed by atoms with Gasteiger partial charge in [0.1, 0.15) is 0 Å². The molecule has 0 fully saturated rings. The molecular formula is C13H13N5O. The fourth-order valence-corrected chi connectivity index (χ4v) is 1.82. The maximum absolute atomic E-state index is 5.07. The Morgan fingerprint density at radius 1 is 1.26 bits per heavy atom. The smallest absolute Gasteiger partial charge is 0.245 e. The molecule has 19 heavy (non-hydrogen) atoms. The number of nitrogens with one attached hydrogen (secondary N) is 1. The number of para-hydroxylation sites is 2. The molecule has 3 rings (SSSR count). The Balaban J connectivity index is 1.81. The maximum atomic E-state index is 5.07.